The lowest BCUT2D eigenvalue weighted by Crippen LogP contribution is -2.46. The molecule has 2 aromatic carbocycles. The molecule has 162 valence electrons. The predicted molar refractivity (Wildman–Crippen MR) is 104 cm³/mol. The molecular formula is C22H20O9. The van der Waals surface area contributed by atoms with Gasteiger partial charge in [-0.05, 0) is 30.2 Å². The summed E-state index contributed by atoms with van der Waals surface area (Å²) in [5, 5.41) is 53.0. The van der Waals surface area contributed by atoms with Crippen molar-refractivity contribution in [2.75, 3.05) is 7.11 Å². The van der Waals surface area contributed by atoms with Crippen LogP contribution in [0.5, 0.6) is 17.2 Å². The third-order valence-corrected chi connectivity index (χ3v) is 6.24. The van der Waals surface area contributed by atoms with Gasteiger partial charge in [-0.15, -0.1) is 0 Å². The van der Waals surface area contributed by atoms with E-state index in [1.54, 1.807) is 6.92 Å². The summed E-state index contributed by atoms with van der Waals surface area (Å²) in [6, 6.07) is 3.27. The van der Waals surface area contributed by atoms with Crippen molar-refractivity contribution in [1.29, 1.82) is 0 Å². The number of phenolic OH excluding ortho intramolecular Hbond substituents is 3. The number of carbonyl (C=O) groups is 3. The number of methoxy groups -OCH3 is 1. The van der Waals surface area contributed by atoms with Gasteiger partial charge >= 0.3 is 5.97 Å². The second kappa shape index (κ2) is 6.79. The first kappa shape index (κ1) is 20.8. The Balaban J connectivity index is 2.07. The average Bonchev–Trinajstić information content (AvgIpc) is 2.73. The number of carbonyl (C=O) groups excluding carboxylic acids is 3. The van der Waals surface area contributed by atoms with Crippen LogP contribution in [0.15, 0.2) is 18.2 Å². The number of esters is 1. The Bertz CT molecular complexity index is 1170. The highest BCUT2D eigenvalue weighted by Crippen LogP contribution is 2.52. The van der Waals surface area contributed by atoms with E-state index >= 15 is 0 Å². The summed E-state index contributed by atoms with van der Waals surface area (Å²) in [7, 11) is 1.10. The van der Waals surface area contributed by atoms with Crippen molar-refractivity contribution in [3.63, 3.8) is 0 Å². The highest BCUT2D eigenvalue weighted by atomic mass is 16.5. The molecule has 0 saturated heterocycles. The van der Waals surface area contributed by atoms with Crippen LogP contribution in [0.1, 0.15) is 74.8 Å². The molecule has 9 heteroatoms. The molecule has 0 aromatic heterocycles. The van der Waals surface area contributed by atoms with Crippen molar-refractivity contribution in [3.8, 4) is 17.2 Å². The van der Waals surface area contributed by atoms with Crippen LogP contribution in [0.25, 0.3) is 0 Å². The third-order valence-electron chi connectivity index (χ3n) is 6.24. The van der Waals surface area contributed by atoms with E-state index in [4.69, 9.17) is 4.74 Å². The van der Waals surface area contributed by atoms with Gasteiger partial charge in [0.15, 0.2) is 5.78 Å². The van der Waals surface area contributed by atoms with Crippen LogP contribution >= 0.6 is 0 Å². The Hall–Kier alpha value is -3.43. The van der Waals surface area contributed by atoms with Crippen molar-refractivity contribution in [2.45, 2.75) is 37.4 Å². The maximum absolute atomic E-state index is 13.2. The Labute approximate surface area is 176 Å². The number of ketones is 2. The van der Waals surface area contributed by atoms with Gasteiger partial charge < -0.3 is 30.3 Å². The van der Waals surface area contributed by atoms with Gasteiger partial charge in [-0.25, -0.2) is 0 Å². The van der Waals surface area contributed by atoms with Crippen LogP contribution in [-0.2, 0) is 9.53 Å². The number of hydrogen-bond acceptors (Lipinski definition) is 9. The first-order chi connectivity index (χ1) is 14.6. The lowest BCUT2D eigenvalue weighted by molar-refractivity contribution is -0.153. The van der Waals surface area contributed by atoms with Crippen LogP contribution in [0.2, 0.25) is 0 Å². The molecule has 0 aliphatic heterocycles. The van der Waals surface area contributed by atoms with Crippen LogP contribution in [0, 0.1) is 0 Å². The summed E-state index contributed by atoms with van der Waals surface area (Å²) in [6.45, 7) is 1.59. The summed E-state index contributed by atoms with van der Waals surface area (Å²) < 4.78 is 4.80. The number of hydrogen-bond donors (Lipinski definition) is 5. The van der Waals surface area contributed by atoms with Crippen molar-refractivity contribution < 1.29 is 44.7 Å². The van der Waals surface area contributed by atoms with Crippen LogP contribution < -0.4 is 0 Å². The normalized spacial score (nSPS) is 24.3. The molecule has 2 aliphatic carbocycles. The van der Waals surface area contributed by atoms with Crippen LogP contribution in [0.3, 0.4) is 0 Å². The van der Waals surface area contributed by atoms with E-state index in [9.17, 15) is 39.9 Å². The number of aliphatic hydroxyl groups is 2. The van der Waals surface area contributed by atoms with Crippen molar-refractivity contribution in [3.05, 3.63) is 51.6 Å². The molecule has 0 saturated carbocycles. The van der Waals surface area contributed by atoms with Crippen LogP contribution in [0.4, 0.5) is 0 Å². The fraction of sp³-hybridized carbons (Fsp3) is 0.318. The zero-order valence-corrected chi connectivity index (χ0v) is 16.7. The molecular weight excluding hydrogens is 408 g/mol. The number of fused-ring (bicyclic) bond motifs is 3. The second-order valence-electron chi connectivity index (χ2n) is 7.80. The van der Waals surface area contributed by atoms with Gasteiger partial charge in [0.1, 0.15) is 23.2 Å². The number of rotatable bonds is 2. The summed E-state index contributed by atoms with van der Waals surface area (Å²) >= 11 is 0. The molecule has 31 heavy (non-hydrogen) atoms. The van der Waals surface area contributed by atoms with Crippen molar-refractivity contribution >= 4 is 17.5 Å². The second-order valence-corrected chi connectivity index (χ2v) is 7.80. The zero-order chi connectivity index (χ0) is 22.8. The van der Waals surface area contributed by atoms with Gasteiger partial charge in [0.05, 0.1) is 35.5 Å². The molecule has 4 rings (SSSR count). The number of aliphatic hydroxyl groups excluding tert-OH is 1. The maximum atomic E-state index is 13.2. The van der Waals surface area contributed by atoms with E-state index in [2.05, 4.69) is 0 Å². The SMILES string of the molecule is CC[C@@]1(O)C[C@H](O)c2cc3c(c(O)c2[C@H]1C(=O)OC)C(=O)c1c(O)ccc(O)c1C3=O. The predicted octanol–water partition coefficient (Wildman–Crippen LogP) is 1.41. The van der Waals surface area contributed by atoms with E-state index < -0.39 is 69.1 Å². The van der Waals surface area contributed by atoms with Gasteiger partial charge in [-0.1, -0.05) is 6.92 Å². The topological polar surface area (TPSA) is 162 Å². The molecule has 5 N–H and O–H groups in total. The lowest BCUT2D eigenvalue weighted by atomic mass is 9.67. The van der Waals surface area contributed by atoms with E-state index in [0.717, 1.165) is 19.2 Å². The molecule has 0 fully saturated rings. The molecule has 3 atom stereocenters. The van der Waals surface area contributed by atoms with Gasteiger partial charge in [0.25, 0.3) is 0 Å². The molecule has 0 bridgehead atoms. The number of aromatic hydroxyl groups is 3. The van der Waals surface area contributed by atoms with E-state index in [1.807, 2.05) is 0 Å². The minimum absolute atomic E-state index is 0.00554. The fourth-order valence-electron chi connectivity index (χ4n) is 4.63. The first-order valence-corrected chi connectivity index (χ1v) is 9.59. The van der Waals surface area contributed by atoms with Crippen LogP contribution in [-0.4, -0.2) is 55.8 Å². The standard InChI is InChI=1S/C22H20O9/c1-3-22(30)7-12(25)8-6-9-14(19(27)13(8)17(22)21(29)31-2)20(28)16-11(24)5-4-10(23)15(16)18(9)26/h4-6,12,17,23-25,27,30H,3,7H2,1-2H3/t12-,17-,22+/m0/s1. The molecule has 2 aliphatic rings. The minimum Gasteiger partial charge on any atom is -0.507 e. The number of benzene rings is 2. The quantitative estimate of drug-likeness (QED) is 0.300. The Morgan fingerprint density at radius 2 is 1.68 bits per heavy atom. The lowest BCUT2D eigenvalue weighted by Gasteiger charge is -2.42. The third kappa shape index (κ3) is 2.67. The molecule has 0 unspecified atom stereocenters. The molecule has 0 radical (unpaired) electrons. The highest BCUT2D eigenvalue weighted by molar-refractivity contribution is 6.31. The van der Waals surface area contributed by atoms with E-state index in [1.165, 1.54) is 6.07 Å². The van der Waals surface area contributed by atoms with Gasteiger partial charge in [0.2, 0.25) is 5.78 Å². The smallest absolute Gasteiger partial charge is 0.316 e. The zero-order valence-electron chi connectivity index (χ0n) is 16.7. The fourth-order valence-corrected chi connectivity index (χ4v) is 4.63. The average molecular weight is 428 g/mol. The van der Waals surface area contributed by atoms with Gasteiger partial charge in [0, 0.05) is 17.5 Å². The Kier molecular flexibility index (Phi) is 4.56. The van der Waals surface area contributed by atoms with Gasteiger partial charge in [-0.2, -0.15) is 0 Å². The monoisotopic (exact) mass is 428 g/mol. The molecule has 0 spiro atoms. The minimum atomic E-state index is -1.77. The summed E-state index contributed by atoms with van der Waals surface area (Å²) in [6.07, 6.45) is -1.58. The van der Waals surface area contributed by atoms with Crippen molar-refractivity contribution in [2.24, 2.45) is 0 Å². The summed E-state index contributed by atoms with van der Waals surface area (Å²) in [5.41, 5.74) is -3.67. The summed E-state index contributed by atoms with van der Waals surface area (Å²) in [5.74, 6) is -5.95. The molecule has 9 nitrogen and oxygen atoms in total. The number of ether oxygens (including phenoxy) is 1. The summed E-state index contributed by atoms with van der Waals surface area (Å²) in [4.78, 5) is 38.8. The maximum Gasteiger partial charge on any atom is 0.316 e. The van der Waals surface area contributed by atoms with Crippen molar-refractivity contribution in [1.82, 2.24) is 0 Å². The largest absolute Gasteiger partial charge is 0.507 e. The van der Waals surface area contributed by atoms with E-state index in [0.29, 0.717) is 0 Å². The Morgan fingerprint density at radius 3 is 2.23 bits per heavy atom. The number of phenols is 3. The molecule has 2 aromatic rings. The Morgan fingerprint density at radius 1 is 1.10 bits per heavy atom. The highest BCUT2D eigenvalue weighted by Gasteiger charge is 2.52. The van der Waals surface area contributed by atoms with E-state index in [-0.39, 0.29) is 29.5 Å². The molecule has 0 amide bonds. The first-order valence-electron chi connectivity index (χ1n) is 9.59. The van der Waals surface area contributed by atoms with Gasteiger partial charge in [-0.3, -0.25) is 14.4 Å². The molecule has 0 heterocycles.